The van der Waals surface area contributed by atoms with Crippen molar-refractivity contribution in [3.63, 3.8) is 0 Å². The highest BCUT2D eigenvalue weighted by Gasteiger charge is 2.15. The fourth-order valence-electron chi connectivity index (χ4n) is 2.06. The van der Waals surface area contributed by atoms with Crippen LogP contribution in [0, 0.1) is 0 Å². The Labute approximate surface area is 132 Å². The molecule has 0 bridgehead atoms. The summed E-state index contributed by atoms with van der Waals surface area (Å²) in [4.78, 5) is 31.5. The van der Waals surface area contributed by atoms with Crippen LogP contribution in [-0.4, -0.2) is 32.1 Å². The molecule has 2 rings (SSSR count). The van der Waals surface area contributed by atoms with Gasteiger partial charge in [0.2, 0.25) is 0 Å². The Bertz CT molecular complexity index is 643. The van der Waals surface area contributed by atoms with Crippen LogP contribution in [0.2, 0.25) is 0 Å². The lowest BCUT2D eigenvalue weighted by Gasteiger charge is -2.07. The first-order valence-electron chi connectivity index (χ1n) is 6.94. The van der Waals surface area contributed by atoms with E-state index >= 15 is 0 Å². The van der Waals surface area contributed by atoms with Crippen LogP contribution < -0.4 is 0 Å². The molecular formula is C16H16N2O5. The third-order valence-electron chi connectivity index (χ3n) is 3.17. The van der Waals surface area contributed by atoms with Crippen molar-refractivity contribution >= 4 is 11.9 Å². The number of nitrogens with zero attached hydrogens (tertiary/aromatic N) is 2. The Kier molecular flexibility index (Phi) is 5.90. The van der Waals surface area contributed by atoms with Crippen LogP contribution in [0.3, 0.4) is 0 Å². The number of rotatable bonds is 6. The van der Waals surface area contributed by atoms with E-state index in [4.69, 9.17) is 14.9 Å². The normalized spacial score (nSPS) is 10.3. The first-order valence-corrected chi connectivity index (χ1v) is 6.94. The molecule has 0 radical (unpaired) electrons. The molecule has 0 aliphatic rings. The molecule has 0 saturated carbocycles. The number of aromatic nitrogens is 2. The highest BCUT2D eigenvalue weighted by atomic mass is 16.6. The van der Waals surface area contributed by atoms with Crippen molar-refractivity contribution in [3.8, 4) is 0 Å². The van der Waals surface area contributed by atoms with Gasteiger partial charge in [0.1, 0.15) is 0 Å². The molecule has 0 aliphatic heterocycles. The summed E-state index contributed by atoms with van der Waals surface area (Å²) in [5.41, 5.74) is 1.74. The van der Waals surface area contributed by atoms with E-state index in [1.165, 1.54) is 12.4 Å². The van der Waals surface area contributed by atoms with Crippen molar-refractivity contribution in [3.05, 3.63) is 59.2 Å². The quantitative estimate of drug-likeness (QED) is 0.583. The summed E-state index contributed by atoms with van der Waals surface area (Å²) < 4.78 is 4.76. The predicted molar refractivity (Wildman–Crippen MR) is 78.8 cm³/mol. The van der Waals surface area contributed by atoms with Crippen LogP contribution in [0.4, 0.5) is 0 Å². The maximum Gasteiger partial charge on any atom is 0.317 e. The summed E-state index contributed by atoms with van der Waals surface area (Å²) in [7, 11) is 0. The van der Waals surface area contributed by atoms with E-state index in [0.717, 1.165) is 0 Å². The maximum absolute atomic E-state index is 11.8. The Hall–Kier alpha value is -2.64. The Morgan fingerprint density at radius 1 is 0.870 bits per heavy atom. The van der Waals surface area contributed by atoms with Crippen molar-refractivity contribution in [2.45, 2.75) is 26.1 Å². The maximum atomic E-state index is 11.8. The van der Waals surface area contributed by atoms with Gasteiger partial charge < -0.3 is 14.9 Å². The molecule has 2 aromatic rings. The summed E-state index contributed by atoms with van der Waals surface area (Å²) in [5.74, 6) is -1.46. The number of hydrogen-bond acceptors (Lipinski definition) is 7. The molecule has 0 fully saturated rings. The largest absolute Gasteiger partial charge is 0.393 e. The minimum Gasteiger partial charge on any atom is -0.393 e. The molecule has 0 aliphatic carbocycles. The molecule has 0 atom stereocenters. The standard InChI is InChI=1S/C16H16N2O5/c19-9-13-11(3-1-5-17-13)7-15(21)23-16(22)8-12-4-2-6-18-14(12)10-20/h1-6,19-20H,7-10H2. The van der Waals surface area contributed by atoms with Crippen LogP contribution in [0.5, 0.6) is 0 Å². The average molecular weight is 316 g/mol. The second kappa shape index (κ2) is 8.11. The first-order chi connectivity index (χ1) is 11.1. The second-order valence-electron chi connectivity index (χ2n) is 4.73. The third-order valence-corrected chi connectivity index (χ3v) is 3.17. The van der Waals surface area contributed by atoms with Gasteiger partial charge in [-0.3, -0.25) is 19.6 Å². The minimum absolute atomic E-state index is 0.157. The zero-order valence-electron chi connectivity index (χ0n) is 12.3. The monoisotopic (exact) mass is 316 g/mol. The number of ether oxygens (including phenoxy) is 1. The van der Waals surface area contributed by atoms with E-state index in [0.29, 0.717) is 22.5 Å². The lowest BCUT2D eigenvalue weighted by Crippen LogP contribution is -2.18. The molecule has 2 heterocycles. The lowest BCUT2D eigenvalue weighted by molar-refractivity contribution is -0.158. The predicted octanol–water partition coefficient (Wildman–Crippen LogP) is 0.316. The molecule has 0 saturated heterocycles. The van der Waals surface area contributed by atoms with Gasteiger partial charge in [0.25, 0.3) is 0 Å². The molecule has 7 heteroatoms. The lowest BCUT2D eigenvalue weighted by atomic mass is 10.1. The first kappa shape index (κ1) is 16.7. The number of pyridine rings is 2. The topological polar surface area (TPSA) is 110 Å². The molecule has 7 nitrogen and oxygen atoms in total. The molecule has 0 amide bonds. The van der Waals surface area contributed by atoms with Crippen LogP contribution in [-0.2, 0) is 40.4 Å². The Balaban J connectivity index is 1.96. The fourth-order valence-corrected chi connectivity index (χ4v) is 2.06. The Morgan fingerprint density at radius 2 is 1.30 bits per heavy atom. The summed E-state index contributed by atoms with van der Waals surface area (Å²) in [6.45, 7) is -0.597. The SMILES string of the molecule is O=C(Cc1cccnc1CO)OC(=O)Cc1cccnc1CO. The van der Waals surface area contributed by atoms with Gasteiger partial charge in [-0.1, -0.05) is 12.1 Å². The average Bonchev–Trinajstić information content (AvgIpc) is 2.55. The molecule has 2 aromatic heterocycles. The van der Waals surface area contributed by atoms with Crippen molar-refractivity contribution < 1.29 is 24.5 Å². The van der Waals surface area contributed by atoms with Crippen molar-refractivity contribution in [2.24, 2.45) is 0 Å². The molecular weight excluding hydrogens is 300 g/mol. The number of esters is 2. The van der Waals surface area contributed by atoms with E-state index in [1.807, 2.05) is 0 Å². The van der Waals surface area contributed by atoms with Crippen molar-refractivity contribution in [1.29, 1.82) is 0 Å². The fraction of sp³-hybridized carbons (Fsp3) is 0.250. The van der Waals surface area contributed by atoms with Crippen LogP contribution in [0.15, 0.2) is 36.7 Å². The summed E-state index contributed by atoms with van der Waals surface area (Å²) in [5, 5.41) is 18.3. The van der Waals surface area contributed by atoms with E-state index in [2.05, 4.69) is 9.97 Å². The van der Waals surface area contributed by atoms with Crippen LogP contribution in [0.1, 0.15) is 22.5 Å². The highest BCUT2D eigenvalue weighted by molar-refractivity contribution is 5.87. The molecule has 23 heavy (non-hydrogen) atoms. The van der Waals surface area contributed by atoms with E-state index in [-0.39, 0.29) is 26.1 Å². The van der Waals surface area contributed by atoms with Gasteiger partial charge >= 0.3 is 11.9 Å². The number of carbonyl (C=O) groups is 2. The zero-order chi connectivity index (χ0) is 16.7. The van der Waals surface area contributed by atoms with E-state index in [9.17, 15) is 9.59 Å². The van der Waals surface area contributed by atoms with Crippen LogP contribution in [0.25, 0.3) is 0 Å². The van der Waals surface area contributed by atoms with Gasteiger partial charge in [0.05, 0.1) is 37.4 Å². The van der Waals surface area contributed by atoms with Crippen molar-refractivity contribution in [1.82, 2.24) is 9.97 Å². The highest BCUT2D eigenvalue weighted by Crippen LogP contribution is 2.09. The Morgan fingerprint density at radius 3 is 1.70 bits per heavy atom. The molecule has 0 aromatic carbocycles. The molecule has 0 unspecified atom stereocenters. The molecule has 120 valence electrons. The molecule has 2 N–H and O–H groups in total. The number of aliphatic hydroxyl groups excluding tert-OH is 2. The van der Waals surface area contributed by atoms with Gasteiger partial charge in [-0.2, -0.15) is 0 Å². The number of carbonyl (C=O) groups excluding carboxylic acids is 2. The second-order valence-corrected chi connectivity index (χ2v) is 4.73. The number of hydrogen-bond donors (Lipinski definition) is 2. The van der Waals surface area contributed by atoms with Gasteiger partial charge in [-0.05, 0) is 23.3 Å². The minimum atomic E-state index is -0.730. The summed E-state index contributed by atoms with van der Waals surface area (Å²) in [6, 6.07) is 6.53. The smallest absolute Gasteiger partial charge is 0.317 e. The van der Waals surface area contributed by atoms with E-state index < -0.39 is 11.9 Å². The van der Waals surface area contributed by atoms with Crippen LogP contribution >= 0.6 is 0 Å². The van der Waals surface area contributed by atoms with Gasteiger partial charge in [0, 0.05) is 12.4 Å². The zero-order valence-corrected chi connectivity index (χ0v) is 12.3. The van der Waals surface area contributed by atoms with Crippen molar-refractivity contribution in [2.75, 3.05) is 0 Å². The van der Waals surface area contributed by atoms with Gasteiger partial charge in [-0.25, -0.2) is 0 Å². The van der Waals surface area contributed by atoms with Gasteiger partial charge in [-0.15, -0.1) is 0 Å². The molecule has 0 spiro atoms. The summed E-state index contributed by atoms with van der Waals surface area (Å²) >= 11 is 0. The van der Waals surface area contributed by atoms with E-state index in [1.54, 1.807) is 24.3 Å². The third kappa shape index (κ3) is 4.67. The van der Waals surface area contributed by atoms with Gasteiger partial charge in [0.15, 0.2) is 0 Å². The summed E-state index contributed by atoms with van der Waals surface area (Å²) in [6.07, 6.45) is 2.69. The number of aliphatic hydroxyl groups is 2.